The minimum absolute atomic E-state index is 0.170. The van der Waals surface area contributed by atoms with E-state index in [1.807, 2.05) is 22.9 Å². The van der Waals surface area contributed by atoms with E-state index in [2.05, 4.69) is 18.1 Å². The van der Waals surface area contributed by atoms with Crippen LogP contribution in [0.3, 0.4) is 0 Å². The van der Waals surface area contributed by atoms with Gasteiger partial charge in [-0.15, -0.1) is 0 Å². The molecule has 0 saturated heterocycles. The lowest BCUT2D eigenvalue weighted by Crippen LogP contribution is -2.37. The third-order valence-corrected chi connectivity index (χ3v) is 4.44. The van der Waals surface area contributed by atoms with Gasteiger partial charge in [0.25, 0.3) is 0 Å². The number of hydrogen-bond acceptors (Lipinski definition) is 2. The Labute approximate surface area is 119 Å². The summed E-state index contributed by atoms with van der Waals surface area (Å²) in [5.41, 5.74) is 6.73. The highest BCUT2D eigenvalue weighted by molar-refractivity contribution is 5.82. The number of aryl methyl sites for hydroxylation is 1. The van der Waals surface area contributed by atoms with Crippen molar-refractivity contribution in [3.05, 3.63) is 30.0 Å². The van der Waals surface area contributed by atoms with E-state index in [0.29, 0.717) is 19.3 Å². The maximum absolute atomic E-state index is 15.0. The molecular formula is C16H22FN3. The summed E-state index contributed by atoms with van der Waals surface area (Å²) in [6.45, 7) is 2.87. The summed E-state index contributed by atoms with van der Waals surface area (Å²) in [5, 5.41) is 5.70. The number of rotatable bonds is 3. The number of nitrogens with two attached hydrogens (primary N) is 1. The van der Waals surface area contributed by atoms with Crippen molar-refractivity contribution in [2.24, 2.45) is 5.73 Å². The van der Waals surface area contributed by atoms with Crippen LogP contribution < -0.4 is 5.73 Å². The van der Waals surface area contributed by atoms with Crippen LogP contribution in [0.4, 0.5) is 4.39 Å². The molecule has 2 N–H and O–H groups in total. The standard InChI is InChI=1S/C16H22FN3/c1-2-20-15-6-4-3-5-13(15)14(19-20)11-16(17)9-7-12(18)8-10-16/h3-6,12H,2,7-11,18H2,1H3. The van der Waals surface area contributed by atoms with Gasteiger partial charge in [0, 0.05) is 24.4 Å². The van der Waals surface area contributed by atoms with Gasteiger partial charge in [0.15, 0.2) is 0 Å². The minimum Gasteiger partial charge on any atom is -0.328 e. The summed E-state index contributed by atoms with van der Waals surface area (Å²) < 4.78 is 16.9. The Hall–Kier alpha value is -1.42. The molecule has 1 aliphatic rings. The lowest BCUT2D eigenvalue weighted by molar-refractivity contribution is 0.0985. The summed E-state index contributed by atoms with van der Waals surface area (Å²) in [5.74, 6) is 0. The van der Waals surface area contributed by atoms with Crippen molar-refractivity contribution < 1.29 is 4.39 Å². The SMILES string of the molecule is CCn1nc(CC2(F)CCC(N)CC2)c2ccccc21. The molecule has 0 unspecified atom stereocenters. The van der Waals surface area contributed by atoms with Gasteiger partial charge in [0.1, 0.15) is 5.67 Å². The number of benzene rings is 1. The monoisotopic (exact) mass is 275 g/mol. The minimum atomic E-state index is -1.13. The Kier molecular flexibility index (Phi) is 3.50. The quantitative estimate of drug-likeness (QED) is 0.934. The average molecular weight is 275 g/mol. The van der Waals surface area contributed by atoms with Crippen molar-refractivity contribution >= 4 is 10.9 Å². The van der Waals surface area contributed by atoms with Crippen LogP contribution in [-0.2, 0) is 13.0 Å². The van der Waals surface area contributed by atoms with Crippen LogP contribution in [0.2, 0.25) is 0 Å². The van der Waals surface area contributed by atoms with E-state index in [9.17, 15) is 4.39 Å². The summed E-state index contributed by atoms with van der Waals surface area (Å²) in [4.78, 5) is 0. The van der Waals surface area contributed by atoms with Crippen LogP contribution in [0.15, 0.2) is 24.3 Å². The highest BCUT2D eigenvalue weighted by atomic mass is 19.1. The van der Waals surface area contributed by atoms with E-state index < -0.39 is 5.67 Å². The number of para-hydroxylation sites is 1. The van der Waals surface area contributed by atoms with Gasteiger partial charge in [0.05, 0.1) is 11.2 Å². The topological polar surface area (TPSA) is 43.8 Å². The fraction of sp³-hybridized carbons (Fsp3) is 0.562. The smallest absolute Gasteiger partial charge is 0.116 e. The highest BCUT2D eigenvalue weighted by Crippen LogP contribution is 2.35. The second-order valence-corrected chi connectivity index (χ2v) is 5.94. The number of alkyl halides is 1. The molecule has 0 atom stereocenters. The molecule has 2 aromatic rings. The van der Waals surface area contributed by atoms with Crippen molar-refractivity contribution in [3.63, 3.8) is 0 Å². The first-order chi connectivity index (χ1) is 9.61. The van der Waals surface area contributed by atoms with E-state index in [0.717, 1.165) is 36.0 Å². The molecule has 1 fully saturated rings. The van der Waals surface area contributed by atoms with Crippen molar-refractivity contribution in [2.45, 2.75) is 57.3 Å². The number of fused-ring (bicyclic) bond motifs is 1. The molecule has 108 valence electrons. The van der Waals surface area contributed by atoms with Gasteiger partial charge in [-0.25, -0.2) is 4.39 Å². The molecule has 1 aliphatic carbocycles. The van der Waals surface area contributed by atoms with E-state index in [1.165, 1.54) is 0 Å². The molecule has 1 aromatic heterocycles. The highest BCUT2D eigenvalue weighted by Gasteiger charge is 2.35. The van der Waals surface area contributed by atoms with Gasteiger partial charge < -0.3 is 5.73 Å². The van der Waals surface area contributed by atoms with Crippen molar-refractivity contribution in [1.29, 1.82) is 0 Å². The summed E-state index contributed by atoms with van der Waals surface area (Å²) in [6, 6.07) is 8.27. The van der Waals surface area contributed by atoms with Gasteiger partial charge in [-0.2, -0.15) is 5.10 Å². The first-order valence-electron chi connectivity index (χ1n) is 7.50. The number of aromatic nitrogens is 2. The van der Waals surface area contributed by atoms with Crippen LogP contribution in [0, 0.1) is 0 Å². The Morgan fingerprint density at radius 1 is 1.35 bits per heavy atom. The maximum atomic E-state index is 15.0. The number of nitrogens with zero attached hydrogens (tertiary/aromatic N) is 2. The van der Waals surface area contributed by atoms with E-state index >= 15 is 0 Å². The molecule has 0 bridgehead atoms. The van der Waals surface area contributed by atoms with Crippen molar-refractivity contribution in [3.8, 4) is 0 Å². The first-order valence-corrected chi connectivity index (χ1v) is 7.50. The third kappa shape index (κ3) is 2.44. The normalized spacial score (nSPS) is 27.1. The molecule has 1 saturated carbocycles. The molecule has 20 heavy (non-hydrogen) atoms. The zero-order valence-corrected chi connectivity index (χ0v) is 12.0. The van der Waals surface area contributed by atoms with E-state index in [-0.39, 0.29) is 6.04 Å². The summed E-state index contributed by atoms with van der Waals surface area (Å²) in [6.07, 6.45) is 3.09. The van der Waals surface area contributed by atoms with Crippen LogP contribution >= 0.6 is 0 Å². The molecule has 1 aromatic carbocycles. The molecule has 1 heterocycles. The number of hydrogen-bond donors (Lipinski definition) is 1. The Morgan fingerprint density at radius 2 is 2.05 bits per heavy atom. The third-order valence-electron chi connectivity index (χ3n) is 4.44. The molecule has 0 spiro atoms. The fourth-order valence-corrected chi connectivity index (χ4v) is 3.20. The molecule has 4 heteroatoms. The van der Waals surface area contributed by atoms with Gasteiger partial charge in [-0.05, 0) is 38.7 Å². The van der Waals surface area contributed by atoms with E-state index in [1.54, 1.807) is 0 Å². The molecule has 3 nitrogen and oxygen atoms in total. The average Bonchev–Trinajstić information content (AvgIpc) is 2.81. The lowest BCUT2D eigenvalue weighted by Gasteiger charge is -2.32. The van der Waals surface area contributed by atoms with Crippen molar-refractivity contribution in [1.82, 2.24) is 9.78 Å². The molecular weight excluding hydrogens is 253 g/mol. The first kappa shape index (κ1) is 13.6. The zero-order chi connectivity index (χ0) is 14.2. The zero-order valence-electron chi connectivity index (χ0n) is 12.0. The predicted octanol–water partition coefficient (Wildman–Crippen LogP) is 3.21. The second kappa shape index (κ2) is 5.17. The lowest BCUT2D eigenvalue weighted by atomic mass is 9.81. The largest absolute Gasteiger partial charge is 0.328 e. The Morgan fingerprint density at radius 3 is 2.75 bits per heavy atom. The predicted molar refractivity (Wildman–Crippen MR) is 79.4 cm³/mol. The van der Waals surface area contributed by atoms with Crippen molar-refractivity contribution in [2.75, 3.05) is 0 Å². The van der Waals surface area contributed by atoms with Crippen LogP contribution in [0.25, 0.3) is 10.9 Å². The fourth-order valence-electron chi connectivity index (χ4n) is 3.20. The van der Waals surface area contributed by atoms with Gasteiger partial charge in [-0.1, -0.05) is 18.2 Å². The molecule has 0 amide bonds. The summed E-state index contributed by atoms with van der Waals surface area (Å²) in [7, 11) is 0. The molecule has 0 radical (unpaired) electrons. The Bertz CT molecular complexity index is 597. The van der Waals surface area contributed by atoms with Gasteiger partial charge >= 0.3 is 0 Å². The van der Waals surface area contributed by atoms with Crippen LogP contribution in [-0.4, -0.2) is 21.5 Å². The second-order valence-electron chi connectivity index (χ2n) is 5.94. The van der Waals surface area contributed by atoms with Crippen LogP contribution in [0.5, 0.6) is 0 Å². The number of halogens is 1. The summed E-state index contributed by atoms with van der Waals surface area (Å²) >= 11 is 0. The molecule has 3 rings (SSSR count). The van der Waals surface area contributed by atoms with E-state index in [4.69, 9.17) is 5.73 Å². The van der Waals surface area contributed by atoms with Crippen LogP contribution in [0.1, 0.15) is 38.3 Å². The van der Waals surface area contributed by atoms with Gasteiger partial charge in [-0.3, -0.25) is 4.68 Å². The van der Waals surface area contributed by atoms with Gasteiger partial charge in [0.2, 0.25) is 0 Å². The Balaban J connectivity index is 1.91. The maximum Gasteiger partial charge on any atom is 0.116 e. The molecule has 0 aliphatic heterocycles.